The molecule has 1 unspecified atom stereocenters. The van der Waals surface area contributed by atoms with Crippen molar-refractivity contribution < 1.29 is 4.79 Å². The number of carbonyl (C=O) groups excluding carboxylic acids is 1. The normalized spacial score (nSPS) is 17.0. The van der Waals surface area contributed by atoms with E-state index in [1.54, 1.807) is 0 Å². The largest absolute Gasteiger partial charge is 0.355 e. The van der Waals surface area contributed by atoms with Crippen molar-refractivity contribution in [3.63, 3.8) is 0 Å². The Morgan fingerprint density at radius 3 is 2.70 bits per heavy atom. The molecule has 0 radical (unpaired) electrons. The van der Waals surface area contributed by atoms with Crippen molar-refractivity contribution in [3.8, 4) is 0 Å². The van der Waals surface area contributed by atoms with Crippen molar-refractivity contribution in [1.82, 2.24) is 19.4 Å². The van der Waals surface area contributed by atoms with E-state index in [-0.39, 0.29) is 12.5 Å². The minimum absolute atomic E-state index is 0.253. The second kappa shape index (κ2) is 10.9. The summed E-state index contributed by atoms with van der Waals surface area (Å²) in [5.74, 6) is 0.465. The molecule has 7 heteroatoms. The maximum Gasteiger partial charge on any atom is 0.331 e. The zero-order valence-corrected chi connectivity index (χ0v) is 17.8. The number of carbonyl (C=O) groups is 1. The number of aromatic nitrogens is 2. The van der Waals surface area contributed by atoms with Gasteiger partial charge in [0.2, 0.25) is 5.91 Å². The van der Waals surface area contributed by atoms with Crippen molar-refractivity contribution in [2.75, 3.05) is 26.2 Å². The standard InChI is InChI=1S/C23H32N4O3/c1-19-8-7-14-25(16-19)13-6-5-12-24-21(28)18-27-22(29)11-15-26(23(27)30)17-20-9-3-2-4-10-20/h2-4,9-11,15,19H,5-8,12-14,16-18H2,1H3,(H,24,28). The first-order chi connectivity index (χ1) is 14.5. The number of benzene rings is 1. The highest BCUT2D eigenvalue weighted by atomic mass is 16.2. The lowest BCUT2D eigenvalue weighted by atomic mass is 10.0. The van der Waals surface area contributed by atoms with Gasteiger partial charge < -0.3 is 10.2 Å². The van der Waals surface area contributed by atoms with Crippen LogP contribution in [0.3, 0.4) is 0 Å². The Kier molecular flexibility index (Phi) is 8.02. The molecule has 0 saturated carbocycles. The van der Waals surface area contributed by atoms with Crippen LogP contribution in [0.1, 0.15) is 38.2 Å². The molecule has 0 spiro atoms. The second-order valence-corrected chi connectivity index (χ2v) is 8.24. The van der Waals surface area contributed by atoms with Crippen LogP contribution in [0.15, 0.2) is 52.2 Å². The van der Waals surface area contributed by atoms with Crippen LogP contribution < -0.4 is 16.6 Å². The van der Waals surface area contributed by atoms with Gasteiger partial charge >= 0.3 is 5.69 Å². The molecule has 1 aromatic heterocycles. The molecule has 2 heterocycles. The van der Waals surface area contributed by atoms with Crippen LogP contribution in [-0.2, 0) is 17.9 Å². The molecule has 7 nitrogen and oxygen atoms in total. The van der Waals surface area contributed by atoms with Gasteiger partial charge in [-0.1, -0.05) is 37.3 Å². The molecule has 0 aliphatic carbocycles. The van der Waals surface area contributed by atoms with E-state index in [9.17, 15) is 14.4 Å². The summed E-state index contributed by atoms with van der Waals surface area (Å²) in [6.07, 6.45) is 5.98. The SMILES string of the molecule is CC1CCCN(CCCCNC(=O)Cn2c(=O)ccn(Cc3ccccc3)c2=O)C1. The molecule has 1 amide bonds. The summed E-state index contributed by atoms with van der Waals surface area (Å²) in [6, 6.07) is 10.9. The molecule has 3 rings (SSSR count). The number of likely N-dealkylation sites (tertiary alicyclic amines) is 1. The van der Waals surface area contributed by atoms with E-state index in [1.165, 1.54) is 42.8 Å². The average Bonchev–Trinajstić information content (AvgIpc) is 2.74. The summed E-state index contributed by atoms with van der Waals surface area (Å²) in [5.41, 5.74) is 0.0248. The molecule has 0 bridgehead atoms. The quantitative estimate of drug-likeness (QED) is 0.636. The summed E-state index contributed by atoms with van der Waals surface area (Å²) in [4.78, 5) is 39.5. The van der Waals surface area contributed by atoms with Crippen LogP contribution in [0.5, 0.6) is 0 Å². The molecule has 1 saturated heterocycles. The van der Waals surface area contributed by atoms with E-state index in [2.05, 4.69) is 17.1 Å². The van der Waals surface area contributed by atoms with Gasteiger partial charge in [0.15, 0.2) is 0 Å². The van der Waals surface area contributed by atoms with E-state index < -0.39 is 11.2 Å². The number of hydrogen-bond donors (Lipinski definition) is 1. The molecule has 1 atom stereocenters. The number of hydrogen-bond acceptors (Lipinski definition) is 4. The highest BCUT2D eigenvalue weighted by molar-refractivity contribution is 5.75. The van der Waals surface area contributed by atoms with Crippen LogP contribution in [0.25, 0.3) is 0 Å². The molecule has 162 valence electrons. The maximum atomic E-state index is 12.6. The first-order valence-corrected chi connectivity index (χ1v) is 10.9. The van der Waals surface area contributed by atoms with E-state index in [0.717, 1.165) is 35.4 Å². The van der Waals surface area contributed by atoms with Crippen LogP contribution in [0.2, 0.25) is 0 Å². The predicted molar refractivity (Wildman–Crippen MR) is 118 cm³/mol. The number of unbranched alkanes of at least 4 members (excludes halogenated alkanes) is 1. The minimum Gasteiger partial charge on any atom is -0.355 e. The van der Waals surface area contributed by atoms with Gasteiger partial charge in [-0.3, -0.25) is 18.7 Å². The van der Waals surface area contributed by atoms with Gasteiger partial charge in [0.05, 0.1) is 6.54 Å². The van der Waals surface area contributed by atoms with Gasteiger partial charge in [-0.15, -0.1) is 0 Å². The summed E-state index contributed by atoms with van der Waals surface area (Å²) in [5, 5.41) is 2.84. The zero-order chi connectivity index (χ0) is 21.3. The van der Waals surface area contributed by atoms with E-state index >= 15 is 0 Å². The molecule has 30 heavy (non-hydrogen) atoms. The van der Waals surface area contributed by atoms with Gasteiger partial charge in [0.1, 0.15) is 6.54 Å². The molecule has 1 aliphatic rings. The van der Waals surface area contributed by atoms with Crippen molar-refractivity contribution >= 4 is 5.91 Å². The van der Waals surface area contributed by atoms with E-state index in [1.807, 2.05) is 30.3 Å². The number of piperidine rings is 1. The predicted octanol–water partition coefficient (Wildman–Crippen LogP) is 1.69. The Balaban J connectivity index is 1.47. The van der Waals surface area contributed by atoms with Crippen LogP contribution >= 0.6 is 0 Å². The summed E-state index contributed by atoms with van der Waals surface area (Å²) in [6.45, 7) is 6.35. The highest BCUT2D eigenvalue weighted by Crippen LogP contribution is 2.15. The van der Waals surface area contributed by atoms with Crippen LogP contribution in [0.4, 0.5) is 0 Å². The van der Waals surface area contributed by atoms with Crippen LogP contribution in [0, 0.1) is 5.92 Å². The molecule has 1 fully saturated rings. The molecule has 1 N–H and O–H groups in total. The Hall–Kier alpha value is -2.67. The fourth-order valence-electron chi connectivity index (χ4n) is 3.98. The third-order valence-electron chi connectivity index (χ3n) is 5.60. The molecular formula is C23H32N4O3. The number of amides is 1. The van der Waals surface area contributed by atoms with Gasteiger partial charge in [-0.05, 0) is 50.3 Å². The fourth-order valence-corrected chi connectivity index (χ4v) is 3.98. The first kappa shape index (κ1) is 22.0. The maximum absolute atomic E-state index is 12.6. The lowest BCUT2D eigenvalue weighted by Gasteiger charge is -2.30. The lowest BCUT2D eigenvalue weighted by Crippen LogP contribution is -2.43. The van der Waals surface area contributed by atoms with Crippen molar-refractivity contribution in [3.05, 3.63) is 69.0 Å². The van der Waals surface area contributed by atoms with Crippen LogP contribution in [-0.4, -0.2) is 46.1 Å². The third kappa shape index (κ3) is 6.42. The Morgan fingerprint density at radius 2 is 1.93 bits per heavy atom. The van der Waals surface area contributed by atoms with Gasteiger partial charge in [-0.25, -0.2) is 4.79 Å². The summed E-state index contributed by atoms with van der Waals surface area (Å²) in [7, 11) is 0. The third-order valence-corrected chi connectivity index (χ3v) is 5.60. The summed E-state index contributed by atoms with van der Waals surface area (Å²) >= 11 is 0. The number of nitrogens with zero attached hydrogens (tertiary/aromatic N) is 3. The highest BCUT2D eigenvalue weighted by Gasteiger charge is 2.15. The molecular weight excluding hydrogens is 380 g/mol. The average molecular weight is 413 g/mol. The molecule has 1 aliphatic heterocycles. The topological polar surface area (TPSA) is 76.3 Å². The lowest BCUT2D eigenvalue weighted by molar-refractivity contribution is -0.121. The minimum atomic E-state index is -0.472. The fraction of sp³-hybridized carbons (Fsp3) is 0.522. The number of nitrogens with one attached hydrogen (secondary N) is 1. The zero-order valence-electron chi connectivity index (χ0n) is 17.8. The summed E-state index contributed by atoms with van der Waals surface area (Å²) < 4.78 is 2.44. The van der Waals surface area contributed by atoms with E-state index in [4.69, 9.17) is 0 Å². The number of rotatable bonds is 9. The van der Waals surface area contributed by atoms with Crippen molar-refractivity contribution in [2.45, 2.75) is 45.7 Å². The van der Waals surface area contributed by atoms with Crippen molar-refractivity contribution in [2.24, 2.45) is 5.92 Å². The monoisotopic (exact) mass is 412 g/mol. The smallest absolute Gasteiger partial charge is 0.331 e. The Morgan fingerprint density at radius 1 is 1.13 bits per heavy atom. The Labute approximate surface area is 177 Å². The Bertz CT molecular complexity index is 935. The van der Waals surface area contributed by atoms with E-state index in [0.29, 0.717) is 13.1 Å². The van der Waals surface area contributed by atoms with Gasteiger partial charge in [-0.2, -0.15) is 0 Å². The molecule has 1 aromatic carbocycles. The van der Waals surface area contributed by atoms with Crippen molar-refractivity contribution in [1.29, 1.82) is 0 Å². The second-order valence-electron chi connectivity index (χ2n) is 8.24. The molecule has 2 aromatic rings. The van der Waals surface area contributed by atoms with Gasteiger partial charge in [0.25, 0.3) is 5.56 Å². The van der Waals surface area contributed by atoms with Gasteiger partial charge in [0, 0.05) is 25.4 Å². The first-order valence-electron chi connectivity index (χ1n) is 10.9.